The van der Waals surface area contributed by atoms with Crippen LogP contribution in [-0.4, -0.2) is 26.2 Å². The first-order chi connectivity index (χ1) is 7.31. The van der Waals surface area contributed by atoms with Gasteiger partial charge in [-0.2, -0.15) is 0 Å². The third kappa shape index (κ3) is 3.81. The zero-order chi connectivity index (χ0) is 11.1. The Morgan fingerprint density at radius 1 is 1.13 bits per heavy atom. The van der Waals surface area contributed by atoms with Gasteiger partial charge < -0.3 is 14.2 Å². The third-order valence-corrected chi connectivity index (χ3v) is 2.25. The minimum absolute atomic E-state index is 0.310. The first-order valence-electron chi connectivity index (χ1n) is 4.66. The van der Waals surface area contributed by atoms with E-state index < -0.39 is 0 Å². The van der Waals surface area contributed by atoms with Gasteiger partial charge in [-0.05, 0) is 12.1 Å². The van der Waals surface area contributed by atoms with Crippen molar-refractivity contribution in [3.63, 3.8) is 0 Å². The Hall–Kier alpha value is -0.580. The van der Waals surface area contributed by atoms with Crippen molar-refractivity contribution in [1.82, 2.24) is 0 Å². The maximum absolute atomic E-state index is 5.43. The van der Waals surface area contributed by atoms with E-state index in [0.717, 1.165) is 16.6 Å². The minimum Gasteiger partial charge on any atom is -0.493 e. The summed E-state index contributed by atoms with van der Waals surface area (Å²) in [5.41, 5.74) is 0.978. The van der Waals surface area contributed by atoms with E-state index in [4.69, 9.17) is 14.2 Å². The summed E-state index contributed by atoms with van der Waals surface area (Å²) in [6.07, 6.45) is -0.310. The number of methoxy groups -OCH3 is 2. The van der Waals surface area contributed by atoms with Crippen LogP contribution in [0.5, 0.6) is 5.75 Å². The summed E-state index contributed by atoms with van der Waals surface area (Å²) in [5.74, 6) is 0.851. The van der Waals surface area contributed by atoms with E-state index in [9.17, 15) is 0 Å². The van der Waals surface area contributed by atoms with Crippen LogP contribution < -0.4 is 4.74 Å². The van der Waals surface area contributed by atoms with Gasteiger partial charge in [0.05, 0.1) is 6.61 Å². The Kier molecular flexibility index (Phi) is 5.68. The fourth-order valence-corrected chi connectivity index (χ4v) is 1.41. The highest BCUT2D eigenvalue weighted by Crippen LogP contribution is 2.20. The van der Waals surface area contributed by atoms with Crippen molar-refractivity contribution in [3.05, 3.63) is 29.8 Å². The summed E-state index contributed by atoms with van der Waals surface area (Å²) in [7, 11) is 3.23. The van der Waals surface area contributed by atoms with Crippen LogP contribution in [0.3, 0.4) is 0 Å². The molecule has 0 spiro atoms. The maximum atomic E-state index is 5.43. The highest BCUT2D eigenvalue weighted by Gasteiger charge is 2.07. The van der Waals surface area contributed by atoms with Crippen LogP contribution in [0.1, 0.15) is 11.9 Å². The topological polar surface area (TPSA) is 27.7 Å². The number of ether oxygens (including phenoxy) is 3. The Morgan fingerprint density at radius 3 is 2.20 bits per heavy atom. The van der Waals surface area contributed by atoms with Crippen molar-refractivity contribution in [1.29, 1.82) is 0 Å². The largest absolute Gasteiger partial charge is 0.493 e. The first-order valence-corrected chi connectivity index (χ1v) is 5.78. The van der Waals surface area contributed by atoms with E-state index >= 15 is 0 Å². The fourth-order valence-electron chi connectivity index (χ4n) is 1.25. The van der Waals surface area contributed by atoms with Crippen molar-refractivity contribution in [2.75, 3.05) is 26.2 Å². The second-order valence-electron chi connectivity index (χ2n) is 2.91. The molecule has 1 rings (SSSR count). The van der Waals surface area contributed by atoms with Crippen LogP contribution >= 0.6 is 15.9 Å². The molecular formula is C11H15BrO3. The van der Waals surface area contributed by atoms with Crippen LogP contribution in [0.2, 0.25) is 0 Å². The Morgan fingerprint density at radius 2 is 1.73 bits per heavy atom. The number of rotatable bonds is 6. The molecule has 0 radical (unpaired) electrons. The number of benzene rings is 1. The molecule has 0 saturated heterocycles. The van der Waals surface area contributed by atoms with Gasteiger partial charge in [-0.3, -0.25) is 0 Å². The second-order valence-corrected chi connectivity index (χ2v) is 3.70. The fraction of sp³-hybridized carbons (Fsp3) is 0.455. The third-order valence-electron chi connectivity index (χ3n) is 1.93. The van der Waals surface area contributed by atoms with E-state index in [1.807, 2.05) is 24.3 Å². The van der Waals surface area contributed by atoms with Gasteiger partial charge in [0.25, 0.3) is 0 Å². The molecule has 0 aromatic heterocycles. The van der Waals surface area contributed by atoms with Gasteiger partial charge in [0.15, 0.2) is 6.29 Å². The van der Waals surface area contributed by atoms with Gasteiger partial charge in [0.2, 0.25) is 0 Å². The molecule has 0 N–H and O–H groups in total. The summed E-state index contributed by atoms with van der Waals surface area (Å²) < 4.78 is 15.7. The molecule has 4 heteroatoms. The molecule has 0 heterocycles. The standard InChI is InChI=1S/C11H15BrO3/c1-13-11(14-2)9-3-5-10(6-4-9)15-8-7-12/h3-6,11H,7-8H2,1-2H3. The van der Waals surface area contributed by atoms with Gasteiger partial charge in [0.1, 0.15) is 5.75 Å². The molecule has 15 heavy (non-hydrogen) atoms. The minimum atomic E-state index is -0.310. The van der Waals surface area contributed by atoms with Gasteiger partial charge in [-0.15, -0.1) is 0 Å². The smallest absolute Gasteiger partial charge is 0.183 e. The van der Waals surface area contributed by atoms with E-state index in [1.165, 1.54) is 0 Å². The molecule has 0 atom stereocenters. The highest BCUT2D eigenvalue weighted by atomic mass is 79.9. The van der Waals surface area contributed by atoms with E-state index in [2.05, 4.69) is 15.9 Å². The molecule has 1 aromatic rings. The molecule has 3 nitrogen and oxygen atoms in total. The highest BCUT2D eigenvalue weighted by molar-refractivity contribution is 9.09. The molecular weight excluding hydrogens is 260 g/mol. The Labute approximate surface area is 98.5 Å². The van der Waals surface area contributed by atoms with Crippen molar-refractivity contribution >= 4 is 15.9 Å². The normalized spacial score (nSPS) is 10.7. The Balaban J connectivity index is 2.62. The molecule has 0 amide bonds. The van der Waals surface area contributed by atoms with Crippen LogP contribution in [-0.2, 0) is 9.47 Å². The Bertz CT molecular complexity index is 270. The summed E-state index contributed by atoms with van der Waals surface area (Å²) in [6.45, 7) is 0.664. The monoisotopic (exact) mass is 274 g/mol. The molecule has 84 valence electrons. The van der Waals surface area contributed by atoms with Gasteiger partial charge in [0, 0.05) is 25.1 Å². The number of alkyl halides is 1. The van der Waals surface area contributed by atoms with Crippen molar-refractivity contribution in [2.45, 2.75) is 6.29 Å². The lowest BCUT2D eigenvalue weighted by Crippen LogP contribution is -2.03. The van der Waals surface area contributed by atoms with E-state index in [1.54, 1.807) is 14.2 Å². The predicted octanol–water partition coefficient (Wildman–Crippen LogP) is 2.75. The summed E-state index contributed by atoms with van der Waals surface area (Å²) in [4.78, 5) is 0. The molecule has 0 unspecified atom stereocenters. The lowest BCUT2D eigenvalue weighted by atomic mass is 10.2. The van der Waals surface area contributed by atoms with Gasteiger partial charge in [-0.1, -0.05) is 28.1 Å². The number of hydrogen-bond acceptors (Lipinski definition) is 3. The average Bonchev–Trinajstić information content (AvgIpc) is 2.29. The van der Waals surface area contributed by atoms with Crippen LogP contribution in [0.4, 0.5) is 0 Å². The molecule has 1 aromatic carbocycles. The quantitative estimate of drug-likeness (QED) is 0.590. The lowest BCUT2D eigenvalue weighted by Gasteiger charge is -2.13. The van der Waals surface area contributed by atoms with E-state index in [-0.39, 0.29) is 6.29 Å². The SMILES string of the molecule is COC(OC)c1ccc(OCCBr)cc1. The second kappa shape index (κ2) is 6.82. The van der Waals surface area contributed by atoms with Crippen LogP contribution in [0, 0.1) is 0 Å². The van der Waals surface area contributed by atoms with Gasteiger partial charge in [-0.25, -0.2) is 0 Å². The summed E-state index contributed by atoms with van der Waals surface area (Å²) in [6, 6.07) is 7.68. The van der Waals surface area contributed by atoms with Crippen molar-refractivity contribution in [2.24, 2.45) is 0 Å². The van der Waals surface area contributed by atoms with Gasteiger partial charge >= 0.3 is 0 Å². The van der Waals surface area contributed by atoms with Crippen molar-refractivity contribution < 1.29 is 14.2 Å². The number of hydrogen-bond donors (Lipinski definition) is 0. The maximum Gasteiger partial charge on any atom is 0.183 e. The zero-order valence-corrected chi connectivity index (χ0v) is 10.5. The molecule has 0 aliphatic carbocycles. The molecule has 0 aliphatic heterocycles. The molecule has 0 fully saturated rings. The first kappa shape index (κ1) is 12.5. The average molecular weight is 275 g/mol. The van der Waals surface area contributed by atoms with Crippen LogP contribution in [0.15, 0.2) is 24.3 Å². The van der Waals surface area contributed by atoms with Crippen LogP contribution in [0.25, 0.3) is 0 Å². The molecule has 0 aliphatic rings. The summed E-state index contributed by atoms with van der Waals surface area (Å²) in [5, 5.41) is 0.827. The zero-order valence-electron chi connectivity index (χ0n) is 8.90. The molecule has 0 bridgehead atoms. The molecule has 0 saturated carbocycles. The lowest BCUT2D eigenvalue weighted by molar-refractivity contribution is -0.106. The van der Waals surface area contributed by atoms with Crippen molar-refractivity contribution in [3.8, 4) is 5.75 Å². The van der Waals surface area contributed by atoms with E-state index in [0.29, 0.717) is 6.61 Å². The predicted molar refractivity (Wildman–Crippen MR) is 62.5 cm³/mol. The summed E-state index contributed by atoms with van der Waals surface area (Å²) >= 11 is 3.30. The number of halogens is 1.